The summed E-state index contributed by atoms with van der Waals surface area (Å²) >= 11 is 0. The first-order valence-corrected chi connectivity index (χ1v) is 12.8. The summed E-state index contributed by atoms with van der Waals surface area (Å²) in [7, 11) is 3.18. The van der Waals surface area contributed by atoms with Crippen LogP contribution in [0.15, 0.2) is 76.5 Å². The minimum absolute atomic E-state index is 0.101. The molecule has 0 saturated carbocycles. The molecule has 0 aliphatic carbocycles. The molecule has 1 atom stereocenters. The van der Waals surface area contributed by atoms with Crippen molar-refractivity contribution >= 4 is 16.9 Å². The van der Waals surface area contributed by atoms with Gasteiger partial charge in [0.25, 0.3) is 5.91 Å². The highest BCUT2D eigenvalue weighted by atomic mass is 16.5. The van der Waals surface area contributed by atoms with Crippen LogP contribution in [-0.4, -0.2) is 38.2 Å². The van der Waals surface area contributed by atoms with Crippen LogP contribution in [0, 0.1) is 13.8 Å². The standard InChI is InChI=1S/C32H31NO6/c1-6-15-38-23-10-8-22(9-11-23)28-27-29(34)24-17-19(2)16-20(3)30(24)39-31(27)32(35)33(28)14-13-21-7-12-25(36-4)26(18-21)37-5/h6-12,16-18,28H,1,13-15H2,2-5H3. The SMILES string of the molecule is C=CCOc1ccc(C2c3c(oc4c(C)cc(C)cc4c3=O)C(=O)N2CCc2ccc(OC)c(OC)c2)cc1. The summed E-state index contributed by atoms with van der Waals surface area (Å²) in [5, 5.41) is 0.483. The third kappa shape index (κ3) is 4.76. The van der Waals surface area contributed by atoms with Crippen molar-refractivity contribution in [3.8, 4) is 17.2 Å². The van der Waals surface area contributed by atoms with E-state index in [1.165, 1.54) is 0 Å². The van der Waals surface area contributed by atoms with Gasteiger partial charge in [-0.25, -0.2) is 0 Å². The molecule has 0 radical (unpaired) electrons. The second-order valence-corrected chi connectivity index (χ2v) is 9.64. The van der Waals surface area contributed by atoms with Crippen molar-refractivity contribution in [2.75, 3.05) is 27.4 Å². The lowest BCUT2D eigenvalue weighted by molar-refractivity contribution is 0.0730. The number of amides is 1. The second kappa shape index (κ2) is 10.7. The minimum atomic E-state index is -0.595. The van der Waals surface area contributed by atoms with E-state index in [-0.39, 0.29) is 17.1 Å². The van der Waals surface area contributed by atoms with Crippen molar-refractivity contribution in [3.05, 3.63) is 111 Å². The number of fused-ring (bicyclic) bond motifs is 2. The number of aryl methyl sites for hydroxylation is 2. The Morgan fingerprint density at radius 1 is 0.974 bits per heavy atom. The van der Waals surface area contributed by atoms with Crippen LogP contribution in [0.5, 0.6) is 17.2 Å². The zero-order chi connectivity index (χ0) is 27.7. The number of nitrogens with zero attached hydrogens (tertiary/aromatic N) is 1. The van der Waals surface area contributed by atoms with Crippen LogP contribution in [0.3, 0.4) is 0 Å². The molecule has 4 aromatic rings. The van der Waals surface area contributed by atoms with Gasteiger partial charge in [0.15, 0.2) is 16.9 Å². The third-order valence-corrected chi connectivity index (χ3v) is 7.05. The Morgan fingerprint density at radius 2 is 1.72 bits per heavy atom. The van der Waals surface area contributed by atoms with Crippen LogP contribution in [0.2, 0.25) is 0 Å². The van der Waals surface area contributed by atoms with Gasteiger partial charge in [-0.1, -0.05) is 36.9 Å². The molecule has 3 aromatic carbocycles. The van der Waals surface area contributed by atoms with Crippen LogP contribution in [0.1, 0.15) is 44.4 Å². The average Bonchev–Trinajstić information content (AvgIpc) is 3.22. The summed E-state index contributed by atoms with van der Waals surface area (Å²) in [5.41, 5.74) is 4.19. The van der Waals surface area contributed by atoms with E-state index in [2.05, 4.69) is 6.58 Å². The molecule has 5 rings (SSSR count). The van der Waals surface area contributed by atoms with Gasteiger partial charge in [0, 0.05) is 6.54 Å². The van der Waals surface area contributed by atoms with E-state index < -0.39 is 6.04 Å². The summed E-state index contributed by atoms with van der Waals surface area (Å²) < 4.78 is 22.6. The van der Waals surface area contributed by atoms with Crippen molar-refractivity contribution < 1.29 is 23.4 Å². The number of methoxy groups -OCH3 is 2. The minimum Gasteiger partial charge on any atom is -0.493 e. The van der Waals surface area contributed by atoms with Gasteiger partial charge < -0.3 is 23.5 Å². The molecular weight excluding hydrogens is 494 g/mol. The van der Waals surface area contributed by atoms with Gasteiger partial charge in [0.05, 0.1) is 31.2 Å². The topological polar surface area (TPSA) is 78.2 Å². The number of hydrogen-bond donors (Lipinski definition) is 0. The predicted octanol–water partition coefficient (Wildman–Crippen LogP) is 5.78. The third-order valence-electron chi connectivity index (χ3n) is 7.05. The number of hydrogen-bond acceptors (Lipinski definition) is 6. The molecular formula is C32H31NO6. The van der Waals surface area contributed by atoms with Crippen molar-refractivity contribution in [2.24, 2.45) is 0 Å². The van der Waals surface area contributed by atoms with Gasteiger partial charge in [-0.2, -0.15) is 0 Å². The maximum Gasteiger partial charge on any atom is 0.290 e. The van der Waals surface area contributed by atoms with Crippen LogP contribution in [0.25, 0.3) is 11.0 Å². The largest absolute Gasteiger partial charge is 0.493 e. The highest BCUT2D eigenvalue weighted by Crippen LogP contribution is 2.39. The molecule has 0 saturated heterocycles. The van der Waals surface area contributed by atoms with Crippen LogP contribution in [0.4, 0.5) is 0 Å². The van der Waals surface area contributed by atoms with E-state index in [4.69, 9.17) is 18.6 Å². The Kier molecular flexibility index (Phi) is 7.15. The molecule has 0 bridgehead atoms. The fourth-order valence-corrected chi connectivity index (χ4v) is 5.24. The average molecular weight is 526 g/mol. The van der Waals surface area contributed by atoms with Crippen molar-refractivity contribution in [1.82, 2.24) is 4.90 Å². The van der Waals surface area contributed by atoms with Crippen molar-refractivity contribution in [3.63, 3.8) is 0 Å². The summed E-state index contributed by atoms with van der Waals surface area (Å²) in [4.78, 5) is 29.5. The number of ether oxygens (including phenoxy) is 3. The Morgan fingerprint density at radius 3 is 2.41 bits per heavy atom. The van der Waals surface area contributed by atoms with Crippen LogP contribution in [-0.2, 0) is 6.42 Å². The molecule has 2 heterocycles. The molecule has 1 aliphatic heterocycles. The van der Waals surface area contributed by atoms with Gasteiger partial charge in [-0.05, 0) is 72.9 Å². The molecule has 1 amide bonds. The Labute approximate surface area is 227 Å². The highest BCUT2D eigenvalue weighted by molar-refractivity contribution is 5.99. The van der Waals surface area contributed by atoms with E-state index in [0.717, 1.165) is 22.3 Å². The van der Waals surface area contributed by atoms with E-state index in [9.17, 15) is 9.59 Å². The zero-order valence-electron chi connectivity index (χ0n) is 22.6. The number of carbonyl (C=O) groups excluding carboxylic acids is 1. The van der Waals surface area contributed by atoms with Crippen LogP contribution < -0.4 is 19.6 Å². The fourth-order valence-electron chi connectivity index (χ4n) is 5.24. The molecule has 1 aliphatic rings. The molecule has 0 fully saturated rings. The highest BCUT2D eigenvalue weighted by Gasteiger charge is 2.42. The summed E-state index contributed by atoms with van der Waals surface area (Å²) in [6, 6.07) is 16.3. The zero-order valence-corrected chi connectivity index (χ0v) is 22.6. The molecule has 7 nitrogen and oxygen atoms in total. The lowest BCUT2D eigenvalue weighted by atomic mass is 9.97. The van der Waals surface area contributed by atoms with E-state index in [1.54, 1.807) is 25.2 Å². The quantitative estimate of drug-likeness (QED) is 0.258. The molecule has 1 unspecified atom stereocenters. The predicted molar refractivity (Wildman–Crippen MR) is 150 cm³/mol. The smallest absolute Gasteiger partial charge is 0.290 e. The summed E-state index contributed by atoms with van der Waals surface area (Å²) in [6.07, 6.45) is 2.22. The molecule has 0 N–H and O–H groups in total. The summed E-state index contributed by atoms with van der Waals surface area (Å²) in [6.45, 7) is 8.27. The molecule has 200 valence electrons. The lowest BCUT2D eigenvalue weighted by Crippen LogP contribution is -2.31. The van der Waals surface area contributed by atoms with Crippen molar-refractivity contribution in [1.29, 1.82) is 0 Å². The number of benzene rings is 3. The first kappa shape index (κ1) is 26.1. The maximum absolute atomic E-state index is 13.9. The van der Waals surface area contributed by atoms with Gasteiger partial charge in [0.2, 0.25) is 5.76 Å². The van der Waals surface area contributed by atoms with E-state index in [1.807, 2.05) is 68.4 Å². The normalized spacial score (nSPS) is 14.4. The van der Waals surface area contributed by atoms with Crippen LogP contribution >= 0.6 is 0 Å². The first-order valence-electron chi connectivity index (χ1n) is 12.8. The molecule has 39 heavy (non-hydrogen) atoms. The monoisotopic (exact) mass is 525 g/mol. The fraction of sp³-hybridized carbons (Fsp3) is 0.250. The van der Waals surface area contributed by atoms with Gasteiger partial charge in [-0.15, -0.1) is 0 Å². The Hall–Kier alpha value is -4.52. The Balaban J connectivity index is 1.59. The maximum atomic E-state index is 13.9. The molecule has 7 heteroatoms. The van der Waals surface area contributed by atoms with Crippen molar-refractivity contribution in [2.45, 2.75) is 26.3 Å². The lowest BCUT2D eigenvalue weighted by Gasteiger charge is -2.25. The number of carbonyl (C=O) groups is 1. The molecule has 0 spiro atoms. The van der Waals surface area contributed by atoms with E-state index in [0.29, 0.717) is 53.4 Å². The second-order valence-electron chi connectivity index (χ2n) is 9.64. The Bertz CT molecular complexity index is 1620. The van der Waals surface area contributed by atoms with Gasteiger partial charge in [-0.3, -0.25) is 9.59 Å². The van der Waals surface area contributed by atoms with E-state index >= 15 is 0 Å². The van der Waals surface area contributed by atoms with Gasteiger partial charge in [0.1, 0.15) is 17.9 Å². The summed E-state index contributed by atoms with van der Waals surface area (Å²) in [5.74, 6) is 1.73. The first-order chi connectivity index (χ1) is 18.9. The number of rotatable bonds is 9. The van der Waals surface area contributed by atoms with Gasteiger partial charge >= 0.3 is 0 Å². The molecule has 1 aromatic heterocycles.